The third-order valence-corrected chi connectivity index (χ3v) is 6.28. The molecule has 2 aromatic carbocycles. The number of nitrogens with zero attached hydrogens (tertiary/aromatic N) is 2. The average molecular weight is 421 g/mol. The highest BCUT2D eigenvalue weighted by Crippen LogP contribution is 2.22. The Hall–Kier alpha value is -2.82. The zero-order chi connectivity index (χ0) is 21.6. The molecule has 164 valence electrons. The minimum Gasteiger partial charge on any atom is -0.493 e. The predicted molar refractivity (Wildman–Crippen MR) is 121 cm³/mol. The third kappa shape index (κ3) is 5.46. The number of piperidine rings is 2. The molecule has 2 aliphatic rings. The molecule has 2 aromatic rings. The molecule has 2 saturated heterocycles. The number of likely N-dealkylation sites (tertiary alicyclic amines) is 2. The van der Waals surface area contributed by atoms with Crippen molar-refractivity contribution in [1.29, 1.82) is 0 Å². The lowest BCUT2D eigenvalue weighted by Gasteiger charge is -2.33. The quantitative estimate of drug-likeness (QED) is 0.713. The first-order chi connectivity index (χ1) is 15.1. The number of rotatable bonds is 5. The van der Waals surface area contributed by atoms with Crippen LogP contribution in [0.25, 0.3) is 0 Å². The van der Waals surface area contributed by atoms with Crippen molar-refractivity contribution in [2.45, 2.75) is 39.0 Å². The number of benzene rings is 2. The van der Waals surface area contributed by atoms with Crippen molar-refractivity contribution in [3.63, 3.8) is 0 Å². The van der Waals surface area contributed by atoms with Crippen LogP contribution < -0.4 is 4.74 Å². The molecule has 0 aliphatic carbocycles. The largest absolute Gasteiger partial charge is 0.493 e. The molecule has 0 aromatic heterocycles. The fourth-order valence-corrected chi connectivity index (χ4v) is 4.56. The molecule has 2 fully saturated rings. The van der Waals surface area contributed by atoms with Gasteiger partial charge in [-0.2, -0.15) is 0 Å². The van der Waals surface area contributed by atoms with Crippen molar-refractivity contribution in [1.82, 2.24) is 9.80 Å². The van der Waals surface area contributed by atoms with Gasteiger partial charge in [-0.05, 0) is 69.4 Å². The van der Waals surface area contributed by atoms with Crippen LogP contribution in [0.5, 0.6) is 5.75 Å². The number of carbonyl (C=O) groups is 2. The molecule has 1 atom stereocenters. The van der Waals surface area contributed by atoms with Crippen LogP contribution in [-0.2, 0) is 0 Å². The lowest BCUT2D eigenvalue weighted by Crippen LogP contribution is -2.41. The van der Waals surface area contributed by atoms with E-state index in [1.165, 1.54) is 6.42 Å². The van der Waals surface area contributed by atoms with E-state index in [9.17, 15) is 9.59 Å². The van der Waals surface area contributed by atoms with Gasteiger partial charge >= 0.3 is 0 Å². The van der Waals surface area contributed by atoms with E-state index in [0.29, 0.717) is 24.6 Å². The van der Waals surface area contributed by atoms with Gasteiger partial charge in [0.25, 0.3) is 11.8 Å². The number of hydrogen-bond donors (Lipinski definition) is 0. The first-order valence-electron chi connectivity index (χ1n) is 11.5. The summed E-state index contributed by atoms with van der Waals surface area (Å²) in [7, 11) is 0. The summed E-state index contributed by atoms with van der Waals surface area (Å²) in [5.41, 5.74) is 2.55. The fourth-order valence-electron chi connectivity index (χ4n) is 4.56. The first kappa shape index (κ1) is 21.4. The van der Waals surface area contributed by atoms with Gasteiger partial charge in [-0.3, -0.25) is 9.59 Å². The topological polar surface area (TPSA) is 49.9 Å². The Morgan fingerprint density at radius 1 is 0.871 bits per heavy atom. The summed E-state index contributed by atoms with van der Waals surface area (Å²) in [5, 5.41) is 0. The van der Waals surface area contributed by atoms with Gasteiger partial charge in [-0.1, -0.05) is 23.8 Å². The van der Waals surface area contributed by atoms with Crippen molar-refractivity contribution < 1.29 is 14.3 Å². The molecule has 2 heterocycles. The molecule has 5 heteroatoms. The number of ether oxygens (including phenoxy) is 1. The minimum atomic E-state index is 0.0951. The van der Waals surface area contributed by atoms with Crippen molar-refractivity contribution in [3.05, 3.63) is 65.2 Å². The lowest BCUT2D eigenvalue weighted by atomic mass is 9.98. The second-order valence-electron chi connectivity index (χ2n) is 8.82. The second-order valence-corrected chi connectivity index (χ2v) is 8.82. The Balaban J connectivity index is 1.33. The molecule has 2 aliphatic heterocycles. The summed E-state index contributed by atoms with van der Waals surface area (Å²) in [6.45, 7) is 5.75. The molecule has 31 heavy (non-hydrogen) atoms. The summed E-state index contributed by atoms with van der Waals surface area (Å²) in [6.07, 6.45) is 5.41. The highest BCUT2D eigenvalue weighted by molar-refractivity contribution is 5.95. The van der Waals surface area contributed by atoms with Crippen LogP contribution in [0, 0.1) is 12.8 Å². The fraction of sp³-hybridized carbons (Fsp3) is 0.462. The van der Waals surface area contributed by atoms with E-state index in [0.717, 1.165) is 62.2 Å². The first-order valence-corrected chi connectivity index (χ1v) is 11.5. The summed E-state index contributed by atoms with van der Waals surface area (Å²) < 4.78 is 6.07. The molecule has 2 amide bonds. The van der Waals surface area contributed by atoms with E-state index in [4.69, 9.17) is 4.74 Å². The number of hydrogen-bond acceptors (Lipinski definition) is 3. The van der Waals surface area contributed by atoms with Gasteiger partial charge in [0, 0.05) is 43.2 Å². The van der Waals surface area contributed by atoms with Crippen LogP contribution in [-0.4, -0.2) is 54.4 Å². The van der Waals surface area contributed by atoms with Crippen molar-refractivity contribution in [2.24, 2.45) is 5.92 Å². The molecule has 0 bridgehead atoms. The summed E-state index contributed by atoms with van der Waals surface area (Å²) in [6, 6.07) is 15.3. The maximum Gasteiger partial charge on any atom is 0.253 e. The van der Waals surface area contributed by atoms with E-state index in [-0.39, 0.29) is 11.8 Å². The SMILES string of the molecule is Cc1cccc(C(=O)N2CCC[C@@H](COc3cccc(C(=O)N4CCCCC4)c3)C2)c1. The van der Waals surface area contributed by atoms with Gasteiger partial charge in [0.15, 0.2) is 0 Å². The molecule has 0 saturated carbocycles. The number of amides is 2. The zero-order valence-corrected chi connectivity index (χ0v) is 18.4. The van der Waals surface area contributed by atoms with Gasteiger partial charge < -0.3 is 14.5 Å². The summed E-state index contributed by atoms with van der Waals surface area (Å²) in [4.78, 5) is 29.5. The maximum atomic E-state index is 12.9. The van der Waals surface area contributed by atoms with Gasteiger partial charge in [-0.15, -0.1) is 0 Å². The van der Waals surface area contributed by atoms with E-state index in [2.05, 4.69) is 0 Å². The minimum absolute atomic E-state index is 0.0951. The van der Waals surface area contributed by atoms with Crippen LogP contribution in [0.3, 0.4) is 0 Å². The normalized spacial score (nSPS) is 19.2. The number of aryl methyl sites for hydroxylation is 1. The molecular weight excluding hydrogens is 388 g/mol. The lowest BCUT2D eigenvalue weighted by molar-refractivity contribution is 0.0631. The molecule has 0 unspecified atom stereocenters. The Morgan fingerprint density at radius 3 is 2.32 bits per heavy atom. The van der Waals surface area contributed by atoms with E-state index < -0.39 is 0 Å². The predicted octanol–water partition coefficient (Wildman–Crippen LogP) is 4.55. The van der Waals surface area contributed by atoms with Gasteiger partial charge in [0.1, 0.15) is 5.75 Å². The molecular formula is C26H32N2O3. The summed E-state index contributed by atoms with van der Waals surface area (Å²) in [5.74, 6) is 1.22. The van der Waals surface area contributed by atoms with Crippen LogP contribution in [0.4, 0.5) is 0 Å². The van der Waals surface area contributed by atoms with Crippen molar-refractivity contribution >= 4 is 11.8 Å². The van der Waals surface area contributed by atoms with Crippen LogP contribution in [0.1, 0.15) is 58.4 Å². The Morgan fingerprint density at radius 2 is 1.55 bits per heavy atom. The van der Waals surface area contributed by atoms with Gasteiger partial charge in [0.05, 0.1) is 6.61 Å². The van der Waals surface area contributed by atoms with Crippen LogP contribution in [0.2, 0.25) is 0 Å². The second kappa shape index (κ2) is 9.99. The molecule has 0 spiro atoms. The van der Waals surface area contributed by atoms with Gasteiger partial charge in [0.2, 0.25) is 0 Å². The van der Waals surface area contributed by atoms with Crippen molar-refractivity contribution in [2.75, 3.05) is 32.8 Å². The van der Waals surface area contributed by atoms with Gasteiger partial charge in [-0.25, -0.2) is 0 Å². The third-order valence-electron chi connectivity index (χ3n) is 6.28. The smallest absolute Gasteiger partial charge is 0.253 e. The van der Waals surface area contributed by atoms with Crippen LogP contribution in [0.15, 0.2) is 48.5 Å². The highest BCUT2D eigenvalue weighted by Gasteiger charge is 2.25. The van der Waals surface area contributed by atoms with E-state index >= 15 is 0 Å². The monoisotopic (exact) mass is 420 g/mol. The molecule has 5 nitrogen and oxygen atoms in total. The molecule has 4 rings (SSSR count). The zero-order valence-electron chi connectivity index (χ0n) is 18.4. The molecule has 0 N–H and O–H groups in total. The summed E-state index contributed by atoms with van der Waals surface area (Å²) >= 11 is 0. The Kier molecular flexibility index (Phi) is 6.90. The maximum absolute atomic E-state index is 12.9. The van der Waals surface area contributed by atoms with E-state index in [1.54, 1.807) is 0 Å². The van der Waals surface area contributed by atoms with E-state index in [1.807, 2.05) is 65.3 Å². The number of carbonyl (C=O) groups excluding carboxylic acids is 2. The van der Waals surface area contributed by atoms with Crippen LogP contribution >= 0.6 is 0 Å². The Labute approximate surface area is 185 Å². The average Bonchev–Trinajstić information content (AvgIpc) is 2.83. The highest BCUT2D eigenvalue weighted by atomic mass is 16.5. The Bertz CT molecular complexity index is 920. The van der Waals surface area contributed by atoms with Crippen molar-refractivity contribution in [3.8, 4) is 5.75 Å². The molecule has 0 radical (unpaired) electrons. The standard InChI is InChI=1S/C26H32N2O3/c1-20-8-5-10-22(16-20)26(30)28-15-7-9-21(18-28)19-31-24-12-6-11-23(17-24)25(29)27-13-3-2-4-14-27/h5-6,8,10-12,16-17,21H,2-4,7,9,13-15,18-19H2,1H3/t21-/m1/s1.